The highest BCUT2D eigenvalue weighted by molar-refractivity contribution is 7.96. The Hall–Kier alpha value is -2.44. The smallest absolute Gasteiger partial charge is 0.406 e. The van der Waals surface area contributed by atoms with Gasteiger partial charge < -0.3 is 9.47 Å². The normalized spacial score (nSPS) is 26.8. The molecule has 2 saturated heterocycles. The topological polar surface area (TPSA) is 66.6 Å². The second-order valence-corrected chi connectivity index (χ2v) is 14.0. The van der Waals surface area contributed by atoms with Crippen molar-refractivity contribution in [1.29, 1.82) is 0 Å². The van der Waals surface area contributed by atoms with Crippen LogP contribution in [0, 0.1) is 0 Å². The summed E-state index contributed by atoms with van der Waals surface area (Å²) in [6.45, 7) is 0. The van der Waals surface area contributed by atoms with Crippen molar-refractivity contribution in [2.24, 2.45) is 0 Å². The average Bonchev–Trinajstić information content (AvgIpc) is 3.77. The lowest BCUT2D eigenvalue weighted by atomic mass is 9.68. The zero-order valence-electron chi connectivity index (χ0n) is 22.1. The molecule has 2 aromatic heterocycles. The van der Waals surface area contributed by atoms with Gasteiger partial charge in [-0.15, -0.1) is 49.0 Å². The first kappa shape index (κ1) is 30.2. The molecule has 4 heterocycles. The molecular formula is C28H22F6N4O2S4. The van der Waals surface area contributed by atoms with Crippen molar-refractivity contribution in [1.82, 2.24) is 18.9 Å². The molecule has 3 aliphatic rings. The number of ether oxygens (including phenoxy) is 2. The third-order valence-electron chi connectivity index (χ3n) is 7.72. The minimum Gasteiger partial charge on any atom is -0.406 e. The van der Waals surface area contributed by atoms with Crippen LogP contribution in [0.5, 0.6) is 11.5 Å². The summed E-state index contributed by atoms with van der Waals surface area (Å²) >= 11 is 5.95. The monoisotopic (exact) mass is 688 g/mol. The Balaban J connectivity index is 1.16. The average molecular weight is 689 g/mol. The lowest BCUT2D eigenvalue weighted by molar-refractivity contribution is -0.275. The van der Waals surface area contributed by atoms with Gasteiger partial charge in [0.25, 0.3) is 0 Å². The molecule has 4 atom stereocenters. The van der Waals surface area contributed by atoms with E-state index in [1.54, 1.807) is 46.9 Å². The van der Waals surface area contributed by atoms with E-state index >= 15 is 0 Å². The summed E-state index contributed by atoms with van der Waals surface area (Å²) in [5.41, 5.74) is 1.28. The molecule has 3 fully saturated rings. The molecule has 4 N–H and O–H groups in total. The predicted octanol–water partition coefficient (Wildman–Crippen LogP) is 7.81. The summed E-state index contributed by atoms with van der Waals surface area (Å²) in [4.78, 5) is 3.85. The Bertz CT molecular complexity index is 1510. The van der Waals surface area contributed by atoms with Crippen LogP contribution in [0.1, 0.15) is 21.6 Å². The van der Waals surface area contributed by atoms with Gasteiger partial charge in [0.1, 0.15) is 11.5 Å². The van der Waals surface area contributed by atoms with Gasteiger partial charge in [-0.1, -0.05) is 24.3 Å². The summed E-state index contributed by atoms with van der Waals surface area (Å²) in [6.07, 6.45) is -9.54. The number of rotatable bonds is 6. The van der Waals surface area contributed by atoms with Crippen molar-refractivity contribution in [2.75, 3.05) is 0 Å². The van der Waals surface area contributed by atoms with Gasteiger partial charge >= 0.3 is 12.7 Å². The lowest BCUT2D eigenvalue weighted by Crippen LogP contribution is -2.61. The van der Waals surface area contributed by atoms with Crippen LogP contribution >= 0.6 is 46.9 Å². The van der Waals surface area contributed by atoms with E-state index in [-0.39, 0.29) is 47.5 Å². The Morgan fingerprint density at radius 3 is 1.27 bits per heavy atom. The van der Waals surface area contributed by atoms with Gasteiger partial charge in [0.05, 0.1) is 0 Å². The Labute approximate surface area is 264 Å². The zero-order valence-corrected chi connectivity index (χ0v) is 25.4. The van der Waals surface area contributed by atoms with Gasteiger partial charge in [-0.25, -0.2) is 18.9 Å². The van der Waals surface area contributed by atoms with Crippen LogP contribution in [0.2, 0.25) is 0 Å². The molecular weight excluding hydrogens is 667 g/mol. The SMILES string of the molecule is FC(F)(F)Oc1cccc(-c2ccc(C3C4NSNC4C(c4ccc(-c5cccc(OC(F)(F)F)c5)s4)C4NSNC43)s2)c1. The van der Waals surface area contributed by atoms with Crippen LogP contribution in [0.25, 0.3) is 20.9 Å². The van der Waals surface area contributed by atoms with E-state index in [1.165, 1.54) is 48.5 Å². The van der Waals surface area contributed by atoms with Gasteiger partial charge in [-0.2, -0.15) is 0 Å². The number of thiophene rings is 2. The second kappa shape index (κ2) is 11.7. The Morgan fingerprint density at radius 1 is 0.523 bits per heavy atom. The van der Waals surface area contributed by atoms with Crippen molar-refractivity contribution in [3.8, 4) is 32.4 Å². The number of alkyl halides is 6. The van der Waals surface area contributed by atoms with Gasteiger partial charge in [0.2, 0.25) is 0 Å². The van der Waals surface area contributed by atoms with E-state index in [1.807, 2.05) is 24.3 Å². The van der Waals surface area contributed by atoms with Crippen LogP contribution in [0.4, 0.5) is 26.3 Å². The molecule has 2 aliphatic heterocycles. The van der Waals surface area contributed by atoms with Crippen molar-refractivity contribution in [2.45, 2.75) is 48.7 Å². The molecule has 0 amide bonds. The minimum absolute atomic E-state index is 0.0136. The van der Waals surface area contributed by atoms with Crippen molar-refractivity contribution in [3.63, 3.8) is 0 Å². The fraction of sp³-hybridized carbons (Fsp3) is 0.286. The molecule has 4 unspecified atom stereocenters. The molecule has 16 heteroatoms. The minimum atomic E-state index is -4.77. The van der Waals surface area contributed by atoms with E-state index in [0.717, 1.165) is 19.5 Å². The number of benzene rings is 2. The summed E-state index contributed by atoms with van der Waals surface area (Å²) in [5.74, 6) is -0.460. The van der Waals surface area contributed by atoms with E-state index in [4.69, 9.17) is 0 Å². The second-order valence-electron chi connectivity index (χ2n) is 10.4. The first-order valence-corrected chi connectivity index (χ1v) is 16.5. The molecule has 4 aromatic rings. The highest BCUT2D eigenvalue weighted by Gasteiger charge is 2.56. The van der Waals surface area contributed by atoms with Crippen LogP contribution in [-0.2, 0) is 0 Å². The molecule has 2 aromatic carbocycles. The molecule has 1 aliphatic carbocycles. The van der Waals surface area contributed by atoms with E-state index in [9.17, 15) is 26.3 Å². The molecule has 0 radical (unpaired) electrons. The van der Waals surface area contributed by atoms with E-state index in [0.29, 0.717) is 11.1 Å². The predicted molar refractivity (Wildman–Crippen MR) is 161 cm³/mol. The molecule has 44 heavy (non-hydrogen) atoms. The molecule has 0 bridgehead atoms. The number of hydrogen-bond acceptors (Lipinski definition) is 10. The van der Waals surface area contributed by atoms with Gasteiger partial charge in [0, 0.05) is 79.8 Å². The number of halogens is 6. The molecule has 1 saturated carbocycles. The first-order chi connectivity index (χ1) is 21.0. The maximum Gasteiger partial charge on any atom is 0.573 e. The van der Waals surface area contributed by atoms with E-state index < -0.39 is 12.7 Å². The Morgan fingerprint density at radius 2 is 0.909 bits per heavy atom. The molecule has 232 valence electrons. The van der Waals surface area contributed by atoms with Crippen molar-refractivity contribution in [3.05, 3.63) is 82.6 Å². The van der Waals surface area contributed by atoms with Gasteiger partial charge in [-0.05, 0) is 59.7 Å². The zero-order chi connectivity index (χ0) is 30.6. The first-order valence-electron chi connectivity index (χ1n) is 13.3. The highest BCUT2D eigenvalue weighted by atomic mass is 32.2. The summed E-state index contributed by atoms with van der Waals surface area (Å²) < 4.78 is 99.2. The van der Waals surface area contributed by atoms with Crippen LogP contribution in [0.3, 0.4) is 0 Å². The van der Waals surface area contributed by atoms with Crippen LogP contribution in [0.15, 0.2) is 72.8 Å². The molecule has 6 nitrogen and oxygen atoms in total. The fourth-order valence-electron chi connectivity index (χ4n) is 6.04. The third-order valence-corrected chi connectivity index (χ3v) is 11.7. The standard InChI is InChI=1S/C28H22F6N4O2S4/c29-27(30,31)39-15-5-1-3-13(11-15)17-7-9-19(41-17)21-23-25(37-43-35-23)22(26-24(21)36-44-38-26)20-10-8-18(42-20)14-4-2-6-16(12-14)40-28(32,33)34/h1-12,21-26,35-38H. The molecule has 7 rings (SSSR count). The van der Waals surface area contributed by atoms with Crippen LogP contribution < -0.4 is 28.4 Å². The highest BCUT2D eigenvalue weighted by Crippen LogP contribution is 2.51. The number of fused-ring (bicyclic) bond motifs is 2. The quantitative estimate of drug-likeness (QED) is 0.121. The van der Waals surface area contributed by atoms with Crippen LogP contribution in [-0.4, -0.2) is 36.9 Å². The van der Waals surface area contributed by atoms with Crippen molar-refractivity contribution < 1.29 is 35.8 Å². The summed E-state index contributed by atoms with van der Waals surface area (Å²) in [5, 5.41) is 0. The van der Waals surface area contributed by atoms with Crippen molar-refractivity contribution >= 4 is 46.9 Å². The third kappa shape index (κ3) is 6.18. The number of nitrogens with one attached hydrogen (secondary N) is 4. The van der Waals surface area contributed by atoms with E-state index in [2.05, 4.69) is 28.4 Å². The lowest BCUT2D eigenvalue weighted by Gasteiger charge is -2.45. The summed E-state index contributed by atoms with van der Waals surface area (Å²) in [6, 6.07) is 19.9. The summed E-state index contributed by atoms with van der Waals surface area (Å²) in [7, 11) is 0. The largest absolute Gasteiger partial charge is 0.573 e. The molecule has 0 spiro atoms. The number of hydrogen-bond donors (Lipinski definition) is 4. The van der Waals surface area contributed by atoms with Gasteiger partial charge in [-0.3, -0.25) is 0 Å². The maximum absolute atomic E-state index is 12.8. The Kier molecular flexibility index (Phi) is 8.06. The van der Waals surface area contributed by atoms with Gasteiger partial charge in [0.15, 0.2) is 0 Å². The fourth-order valence-corrected chi connectivity index (χ4v) is 10.3. The maximum atomic E-state index is 12.8.